The van der Waals surface area contributed by atoms with E-state index in [4.69, 9.17) is 40.5 Å². The Morgan fingerprint density at radius 2 is 1.69 bits per heavy atom. The predicted molar refractivity (Wildman–Crippen MR) is 203 cm³/mol. The van der Waals surface area contributed by atoms with Crippen LogP contribution in [0.3, 0.4) is 0 Å². The second kappa shape index (κ2) is 19.2. The summed E-state index contributed by atoms with van der Waals surface area (Å²) in [6, 6.07) is -1.27. The number of rotatable bonds is 11. The Kier molecular flexibility index (Phi) is 15.6. The van der Waals surface area contributed by atoms with E-state index in [0.29, 0.717) is 6.42 Å². The predicted octanol–water partition coefficient (Wildman–Crippen LogP) is 3.65. The fourth-order valence-corrected chi connectivity index (χ4v) is 9.32. The second-order valence-electron chi connectivity index (χ2n) is 17.0. The van der Waals surface area contributed by atoms with Crippen LogP contribution in [-0.2, 0) is 37.4 Å². The molecule has 3 rings (SSSR count). The van der Waals surface area contributed by atoms with Gasteiger partial charge in [-0.3, -0.25) is 4.79 Å². The number of ether oxygens (including phenoxy) is 6. The van der Waals surface area contributed by atoms with Gasteiger partial charge in [-0.1, -0.05) is 32.9 Å². The number of hydrogen-bond acceptors (Lipinski definition) is 16. The summed E-state index contributed by atoms with van der Waals surface area (Å²) in [6.07, 6.45) is -8.74. The lowest BCUT2D eigenvalue weighted by Gasteiger charge is -2.49. The van der Waals surface area contributed by atoms with Crippen LogP contribution in [0.4, 0.5) is 0 Å². The average molecular weight is 799 g/mol. The average Bonchev–Trinajstić information content (AvgIpc) is 3.12. The molecule has 0 radical (unpaired) electrons. The topological polar surface area (TPSA) is 195 Å². The van der Waals surface area contributed by atoms with E-state index in [1.54, 1.807) is 55.4 Å². The van der Waals surface area contributed by atoms with Gasteiger partial charge in [0.15, 0.2) is 12.6 Å². The Morgan fingerprint density at radius 3 is 2.24 bits per heavy atom. The normalized spacial score (nSPS) is 49.4. The molecule has 9 unspecified atom stereocenters. The molecule has 0 aromatic carbocycles. The van der Waals surface area contributed by atoms with E-state index in [-0.39, 0.29) is 37.6 Å². The Bertz CT molecular complexity index is 1260. The molecule has 3 aliphatic rings. The minimum Gasteiger partial charge on any atom is -0.459 e. The second-order valence-corrected chi connectivity index (χ2v) is 17.4. The SMILES string of the molecule is [3H]CSOC1C(O[C@@H]2[C@@H](C)[C@H](OC3CC(C)(OC)C(O[3H])C(C)O3)[C@@H](C)C(=O)O[C@H](CC)[C@@](C)(O)[C@H](O)[C@@H](C)C(N=O)[C@H](C)C[C@@]2(C)O)OC(C)CC1N(C)C. The van der Waals surface area contributed by atoms with Crippen molar-refractivity contribution in [2.75, 3.05) is 27.4 Å². The highest BCUT2D eigenvalue weighted by molar-refractivity contribution is 7.93. The van der Waals surface area contributed by atoms with Crippen molar-refractivity contribution in [3.05, 3.63) is 4.91 Å². The van der Waals surface area contributed by atoms with E-state index in [1.165, 1.54) is 14.0 Å². The number of aliphatic hydroxyl groups is 4. The summed E-state index contributed by atoms with van der Waals surface area (Å²) in [5, 5.41) is 44.4. The zero-order valence-corrected chi connectivity index (χ0v) is 35.3. The number of carbonyl (C=O) groups is 1. The number of cyclic esters (lactones) is 1. The molecule has 3 saturated heterocycles. The first-order valence-electron chi connectivity index (χ1n) is 20.3. The highest BCUT2D eigenvalue weighted by Gasteiger charge is 2.54. The molecular formula is C38H70N2O13S. The maximum atomic E-state index is 14.3. The van der Waals surface area contributed by atoms with Crippen molar-refractivity contribution in [3.63, 3.8) is 0 Å². The van der Waals surface area contributed by atoms with Crippen LogP contribution in [0.5, 0.6) is 0 Å². The standard InChI is InChI=1S/C38H70N2O13S/c1-15-26-38(10,45)31(41)21(4)28(39-46)19(2)17-36(8,44)33(52-35-30(53-54-14)25(40(11)12)16-20(3)48-35)22(5)29(23(6)34(43)50-26)51-27-18-37(9,47-13)32(42)24(7)49-27/h19-33,35,41-42,44-45H,15-18H2,1-14H3/t19-,20?,21+,22+,23-,24?,25?,26-,27?,28?,29+,30?,31-,32?,33-,35?,36-,37?,38-/m1/s1/i14T,42T. The Morgan fingerprint density at radius 1 is 1.02 bits per heavy atom. The van der Waals surface area contributed by atoms with Crippen molar-refractivity contribution >= 4 is 18.0 Å². The molecule has 3 heterocycles. The van der Waals surface area contributed by atoms with E-state index >= 15 is 0 Å². The number of hydrogen-bond donors (Lipinski definition) is 4. The Labute approximate surface area is 329 Å². The first-order chi connectivity index (χ1) is 26.0. The van der Waals surface area contributed by atoms with Crippen LogP contribution in [0.2, 0.25) is 0 Å². The minimum atomic E-state index is -1.98. The maximum absolute atomic E-state index is 14.3. The molecule has 3 aliphatic heterocycles. The zero-order chi connectivity index (χ0) is 42.5. The van der Waals surface area contributed by atoms with Crippen molar-refractivity contribution in [1.82, 2.24) is 4.90 Å². The largest absolute Gasteiger partial charge is 0.459 e. The third-order valence-corrected chi connectivity index (χ3v) is 12.6. The lowest BCUT2D eigenvalue weighted by molar-refractivity contribution is -0.315. The highest BCUT2D eigenvalue weighted by atomic mass is 32.2. The Hall–Kier alpha value is -1.02. The smallest absolute Gasteiger partial charge is 0.311 e. The molecule has 0 bridgehead atoms. The van der Waals surface area contributed by atoms with Gasteiger partial charge in [0.1, 0.15) is 23.9 Å². The van der Waals surface area contributed by atoms with Gasteiger partial charge in [0.25, 0.3) is 0 Å². The van der Waals surface area contributed by atoms with E-state index in [1.807, 2.05) is 25.9 Å². The quantitative estimate of drug-likeness (QED) is 0.134. The molecule has 4 N–H and O–H groups in total. The molecule has 0 spiro atoms. The van der Waals surface area contributed by atoms with Gasteiger partial charge in [-0.25, -0.2) is 0 Å². The lowest BCUT2D eigenvalue weighted by atomic mass is 9.72. The molecule has 0 saturated carbocycles. The fraction of sp³-hybridized carbons (Fsp3) is 0.974. The number of nitrogens with zero attached hydrogens (tertiary/aromatic N) is 2. The van der Waals surface area contributed by atoms with Crippen molar-refractivity contribution < 1.29 is 59.2 Å². The number of aliphatic hydroxyl groups excluding tert-OH is 2. The van der Waals surface area contributed by atoms with Crippen LogP contribution in [0.25, 0.3) is 0 Å². The van der Waals surface area contributed by atoms with Crippen molar-refractivity contribution in [3.8, 4) is 0 Å². The van der Waals surface area contributed by atoms with Crippen molar-refractivity contribution in [1.29, 1.82) is 1.43 Å². The minimum absolute atomic E-state index is 0.0615. The van der Waals surface area contributed by atoms with Gasteiger partial charge in [0.2, 0.25) is 1.43 Å². The fourth-order valence-electron chi connectivity index (χ4n) is 8.94. The maximum Gasteiger partial charge on any atom is 0.311 e. The van der Waals surface area contributed by atoms with Crippen LogP contribution >= 0.6 is 12.0 Å². The van der Waals surface area contributed by atoms with E-state index in [0.717, 1.165) is 12.0 Å². The summed E-state index contributed by atoms with van der Waals surface area (Å²) in [5.41, 5.74) is -4.77. The van der Waals surface area contributed by atoms with Crippen LogP contribution < -0.4 is 0 Å². The summed E-state index contributed by atoms with van der Waals surface area (Å²) in [7, 11) is 5.34. The number of likely N-dealkylation sites (N-methyl/N-ethyl adjacent to an activating group) is 1. The highest BCUT2D eigenvalue weighted by Crippen LogP contribution is 2.42. The van der Waals surface area contributed by atoms with E-state index < -0.39 is 108 Å². The van der Waals surface area contributed by atoms with Gasteiger partial charge >= 0.3 is 5.97 Å². The van der Waals surface area contributed by atoms with Crippen molar-refractivity contribution in [2.24, 2.45) is 28.8 Å². The summed E-state index contributed by atoms with van der Waals surface area (Å²) < 4.78 is 59.7. The zero-order valence-electron chi connectivity index (χ0n) is 36.5. The molecule has 16 heteroatoms. The molecule has 0 aromatic heterocycles. The van der Waals surface area contributed by atoms with E-state index in [9.17, 15) is 25.0 Å². The summed E-state index contributed by atoms with van der Waals surface area (Å²) >= 11 is 0.950. The van der Waals surface area contributed by atoms with Crippen LogP contribution in [0.1, 0.15) is 96.3 Å². The molecule has 19 atom stereocenters. The number of methoxy groups -OCH3 is 1. The lowest BCUT2D eigenvalue weighted by Crippen LogP contribution is -2.61. The van der Waals surface area contributed by atoms with Crippen LogP contribution in [0.15, 0.2) is 5.18 Å². The monoisotopic (exact) mass is 798 g/mol. The molecule has 316 valence electrons. The molecule has 0 amide bonds. The molecule has 0 aliphatic carbocycles. The number of carbonyl (C=O) groups excluding carboxylic acids is 1. The van der Waals surface area contributed by atoms with Gasteiger partial charge in [0.05, 0.1) is 53.7 Å². The molecule has 3 fully saturated rings. The summed E-state index contributed by atoms with van der Waals surface area (Å²) in [6.45, 7) is 16.8. The molecular weight excluding hydrogens is 724 g/mol. The van der Waals surface area contributed by atoms with Crippen molar-refractivity contribution in [2.45, 2.75) is 185 Å². The van der Waals surface area contributed by atoms with Gasteiger partial charge in [-0.05, 0) is 92.9 Å². The third-order valence-electron chi connectivity index (χ3n) is 12.3. The van der Waals surface area contributed by atoms with E-state index in [2.05, 4.69) is 5.18 Å². The first-order valence-corrected chi connectivity index (χ1v) is 20.1. The van der Waals surface area contributed by atoms with Gasteiger partial charge in [0, 0.05) is 39.0 Å². The third kappa shape index (κ3) is 10.3. The van der Waals surface area contributed by atoms with Gasteiger partial charge < -0.3 is 57.9 Å². The summed E-state index contributed by atoms with van der Waals surface area (Å²) in [5.74, 6) is -4.22. The number of nitroso groups, excluding NO2 is 1. The molecule has 54 heavy (non-hydrogen) atoms. The number of esters is 1. The van der Waals surface area contributed by atoms with Crippen LogP contribution in [-0.4, -0.2) is 150 Å². The van der Waals surface area contributed by atoms with Gasteiger partial charge in [-0.2, -0.15) is 4.91 Å². The van der Waals surface area contributed by atoms with Gasteiger partial charge in [-0.15, -0.1) is 0 Å². The van der Waals surface area contributed by atoms with Crippen LogP contribution in [0, 0.1) is 28.6 Å². The summed E-state index contributed by atoms with van der Waals surface area (Å²) in [4.78, 5) is 28.8. The Balaban J connectivity index is 2.25. The first kappa shape index (κ1) is 44.1. The molecule has 0 aromatic rings. The molecule has 15 nitrogen and oxygen atoms in total.